The fraction of sp³-hybridized carbons (Fsp3) is 1.00. The molecule has 0 aromatic carbocycles. The molecule has 0 aromatic heterocycles. The minimum atomic E-state index is 0.471. The van der Waals surface area contributed by atoms with Gasteiger partial charge in [-0.15, -0.1) is 0 Å². The standard InChI is InChI=1S/C17H34N2S/c1-4-9-18-16-15(7-5-8-17(16,2)3)14-19-10-6-12-20-13-11-19/h15-16,18H,4-14H2,1-3H3. The first kappa shape index (κ1) is 16.6. The van der Waals surface area contributed by atoms with Crippen LogP contribution in [-0.4, -0.2) is 48.6 Å². The van der Waals surface area contributed by atoms with Gasteiger partial charge < -0.3 is 10.2 Å². The van der Waals surface area contributed by atoms with Crippen LogP contribution in [0.1, 0.15) is 52.9 Å². The van der Waals surface area contributed by atoms with Crippen molar-refractivity contribution in [3.63, 3.8) is 0 Å². The maximum absolute atomic E-state index is 3.88. The van der Waals surface area contributed by atoms with Crippen LogP contribution in [0.2, 0.25) is 0 Å². The molecule has 1 saturated heterocycles. The van der Waals surface area contributed by atoms with Gasteiger partial charge in [-0.2, -0.15) is 11.8 Å². The van der Waals surface area contributed by atoms with Crippen LogP contribution in [0.3, 0.4) is 0 Å². The molecule has 2 aliphatic rings. The van der Waals surface area contributed by atoms with E-state index in [2.05, 4.69) is 42.7 Å². The minimum absolute atomic E-state index is 0.471. The normalized spacial score (nSPS) is 31.9. The highest BCUT2D eigenvalue weighted by molar-refractivity contribution is 7.99. The number of nitrogens with one attached hydrogen (secondary N) is 1. The Bertz CT molecular complexity index is 272. The third kappa shape index (κ3) is 4.64. The van der Waals surface area contributed by atoms with E-state index in [1.54, 1.807) is 0 Å². The monoisotopic (exact) mass is 298 g/mol. The lowest BCUT2D eigenvalue weighted by molar-refractivity contribution is 0.0808. The fourth-order valence-corrected chi connectivity index (χ4v) is 4.96. The van der Waals surface area contributed by atoms with E-state index >= 15 is 0 Å². The lowest BCUT2D eigenvalue weighted by atomic mass is 9.67. The van der Waals surface area contributed by atoms with E-state index < -0.39 is 0 Å². The Kier molecular flexibility index (Phi) is 6.70. The molecular weight excluding hydrogens is 264 g/mol. The van der Waals surface area contributed by atoms with Crippen molar-refractivity contribution in [1.29, 1.82) is 0 Å². The van der Waals surface area contributed by atoms with Gasteiger partial charge in [0.05, 0.1) is 0 Å². The van der Waals surface area contributed by atoms with E-state index in [1.165, 1.54) is 69.8 Å². The van der Waals surface area contributed by atoms with Gasteiger partial charge in [-0.3, -0.25) is 0 Å². The maximum atomic E-state index is 3.88. The van der Waals surface area contributed by atoms with Crippen LogP contribution >= 0.6 is 11.8 Å². The second kappa shape index (κ2) is 8.05. The molecular formula is C17H34N2S. The topological polar surface area (TPSA) is 15.3 Å². The van der Waals surface area contributed by atoms with Gasteiger partial charge in [0, 0.05) is 24.9 Å². The van der Waals surface area contributed by atoms with Crippen molar-refractivity contribution in [1.82, 2.24) is 10.2 Å². The molecule has 2 fully saturated rings. The van der Waals surface area contributed by atoms with Crippen molar-refractivity contribution in [2.24, 2.45) is 11.3 Å². The quantitative estimate of drug-likeness (QED) is 0.834. The largest absolute Gasteiger partial charge is 0.313 e. The average Bonchev–Trinajstić information content (AvgIpc) is 2.66. The molecule has 2 rings (SSSR count). The molecule has 20 heavy (non-hydrogen) atoms. The summed E-state index contributed by atoms with van der Waals surface area (Å²) in [4.78, 5) is 2.74. The number of thioether (sulfide) groups is 1. The van der Waals surface area contributed by atoms with Crippen LogP contribution in [0.5, 0.6) is 0 Å². The van der Waals surface area contributed by atoms with Gasteiger partial charge in [0.2, 0.25) is 0 Å². The molecule has 2 nitrogen and oxygen atoms in total. The predicted octanol–water partition coefficient (Wildman–Crippen LogP) is 3.62. The lowest BCUT2D eigenvalue weighted by Gasteiger charge is -2.46. The van der Waals surface area contributed by atoms with Crippen molar-refractivity contribution in [3.05, 3.63) is 0 Å². The molecule has 1 heterocycles. The molecule has 3 heteroatoms. The third-order valence-electron chi connectivity index (χ3n) is 5.13. The molecule has 1 N–H and O–H groups in total. The first-order valence-corrected chi connectivity index (χ1v) is 9.82. The Labute approximate surface area is 130 Å². The van der Waals surface area contributed by atoms with Crippen LogP contribution in [0.15, 0.2) is 0 Å². The maximum Gasteiger partial charge on any atom is 0.0159 e. The Hall–Kier alpha value is 0.270. The van der Waals surface area contributed by atoms with Gasteiger partial charge in [0.1, 0.15) is 0 Å². The Balaban J connectivity index is 1.94. The number of nitrogens with zero attached hydrogens (tertiary/aromatic N) is 1. The van der Waals surface area contributed by atoms with Gasteiger partial charge >= 0.3 is 0 Å². The van der Waals surface area contributed by atoms with Crippen molar-refractivity contribution in [2.45, 2.75) is 58.9 Å². The van der Waals surface area contributed by atoms with Crippen LogP contribution in [0.4, 0.5) is 0 Å². The molecule has 0 aromatic rings. The van der Waals surface area contributed by atoms with Crippen LogP contribution < -0.4 is 5.32 Å². The molecule has 0 radical (unpaired) electrons. The molecule has 0 amide bonds. The summed E-state index contributed by atoms with van der Waals surface area (Å²) >= 11 is 2.14. The number of hydrogen-bond donors (Lipinski definition) is 1. The highest BCUT2D eigenvalue weighted by atomic mass is 32.2. The summed E-state index contributed by atoms with van der Waals surface area (Å²) in [6.45, 7) is 12.4. The molecule has 118 valence electrons. The van der Waals surface area contributed by atoms with E-state index in [0.29, 0.717) is 11.5 Å². The highest BCUT2D eigenvalue weighted by Gasteiger charge is 2.38. The van der Waals surface area contributed by atoms with Crippen LogP contribution in [-0.2, 0) is 0 Å². The van der Waals surface area contributed by atoms with E-state index in [4.69, 9.17) is 0 Å². The van der Waals surface area contributed by atoms with Crippen LogP contribution in [0, 0.1) is 11.3 Å². The summed E-state index contributed by atoms with van der Waals surface area (Å²) in [5.41, 5.74) is 0.471. The van der Waals surface area contributed by atoms with E-state index in [9.17, 15) is 0 Å². The predicted molar refractivity (Wildman–Crippen MR) is 91.6 cm³/mol. The summed E-state index contributed by atoms with van der Waals surface area (Å²) in [7, 11) is 0. The summed E-state index contributed by atoms with van der Waals surface area (Å²) in [5, 5.41) is 3.88. The second-order valence-corrected chi connectivity index (χ2v) is 8.56. The zero-order chi connectivity index (χ0) is 14.4. The highest BCUT2D eigenvalue weighted by Crippen LogP contribution is 2.39. The number of rotatable bonds is 5. The lowest BCUT2D eigenvalue weighted by Crippen LogP contribution is -2.53. The van der Waals surface area contributed by atoms with E-state index in [-0.39, 0.29) is 0 Å². The van der Waals surface area contributed by atoms with Crippen molar-refractivity contribution in [3.8, 4) is 0 Å². The molecule has 1 aliphatic carbocycles. The number of hydrogen-bond acceptors (Lipinski definition) is 3. The SMILES string of the molecule is CCCNC1C(CN2CCCSCC2)CCCC1(C)C. The average molecular weight is 299 g/mol. The van der Waals surface area contributed by atoms with Gasteiger partial charge in [0.15, 0.2) is 0 Å². The molecule has 2 atom stereocenters. The van der Waals surface area contributed by atoms with Gasteiger partial charge in [-0.25, -0.2) is 0 Å². The van der Waals surface area contributed by atoms with Crippen molar-refractivity contribution < 1.29 is 0 Å². The third-order valence-corrected chi connectivity index (χ3v) is 6.18. The fourth-order valence-electron chi connectivity index (χ4n) is 4.03. The van der Waals surface area contributed by atoms with E-state index in [1.807, 2.05) is 0 Å². The van der Waals surface area contributed by atoms with Gasteiger partial charge in [0.25, 0.3) is 0 Å². The smallest absolute Gasteiger partial charge is 0.0159 e. The summed E-state index contributed by atoms with van der Waals surface area (Å²) < 4.78 is 0. The molecule has 0 bridgehead atoms. The summed E-state index contributed by atoms with van der Waals surface area (Å²) in [6.07, 6.45) is 6.87. The molecule has 2 unspecified atom stereocenters. The van der Waals surface area contributed by atoms with E-state index in [0.717, 1.165) is 5.92 Å². The van der Waals surface area contributed by atoms with Gasteiger partial charge in [-0.1, -0.05) is 27.2 Å². The van der Waals surface area contributed by atoms with Crippen LogP contribution in [0.25, 0.3) is 0 Å². The molecule has 0 spiro atoms. The molecule has 1 saturated carbocycles. The van der Waals surface area contributed by atoms with Crippen molar-refractivity contribution >= 4 is 11.8 Å². The first-order valence-electron chi connectivity index (χ1n) is 8.67. The van der Waals surface area contributed by atoms with Crippen molar-refractivity contribution in [2.75, 3.05) is 37.7 Å². The summed E-state index contributed by atoms with van der Waals surface area (Å²) in [5.74, 6) is 3.56. The Morgan fingerprint density at radius 3 is 2.85 bits per heavy atom. The zero-order valence-electron chi connectivity index (χ0n) is 13.8. The second-order valence-electron chi connectivity index (χ2n) is 7.34. The molecule has 1 aliphatic heterocycles. The Morgan fingerprint density at radius 2 is 2.05 bits per heavy atom. The first-order chi connectivity index (χ1) is 9.63. The zero-order valence-corrected chi connectivity index (χ0v) is 14.6. The Morgan fingerprint density at radius 1 is 1.20 bits per heavy atom. The minimum Gasteiger partial charge on any atom is -0.313 e. The van der Waals surface area contributed by atoms with Gasteiger partial charge in [-0.05, 0) is 55.9 Å². The summed E-state index contributed by atoms with van der Waals surface area (Å²) in [6, 6.07) is 0.715.